The van der Waals surface area contributed by atoms with Crippen LogP contribution in [-0.4, -0.2) is 33.3 Å². The molecule has 1 amide bonds. The number of benzene rings is 2. The topological polar surface area (TPSA) is 87.5 Å². The van der Waals surface area contributed by atoms with Gasteiger partial charge in [-0.1, -0.05) is 30.3 Å². The molecule has 37 heavy (non-hydrogen) atoms. The zero-order chi connectivity index (χ0) is 27.1. The average Bonchev–Trinajstić information content (AvgIpc) is 3.39. The number of anilines is 1. The largest absolute Gasteiger partial charge is 0.478 e. The molecule has 1 atom stereocenters. The first-order chi connectivity index (χ1) is 17.3. The first-order valence-corrected chi connectivity index (χ1v) is 11.0. The Bertz CT molecular complexity index is 1330. The molecule has 13 heteroatoms. The second kappa shape index (κ2) is 9.45. The molecule has 0 aliphatic carbocycles. The number of amides is 1. The number of carbonyl (C=O) groups is 2. The van der Waals surface area contributed by atoms with Crippen LogP contribution in [0.5, 0.6) is 0 Å². The van der Waals surface area contributed by atoms with Crippen molar-refractivity contribution in [2.24, 2.45) is 0 Å². The summed E-state index contributed by atoms with van der Waals surface area (Å²) in [6.45, 7) is 1.12. The minimum atomic E-state index is -4.99. The van der Waals surface area contributed by atoms with Gasteiger partial charge in [-0.3, -0.25) is 4.79 Å². The molecule has 1 aromatic heterocycles. The fourth-order valence-corrected chi connectivity index (χ4v) is 4.22. The van der Waals surface area contributed by atoms with Crippen LogP contribution in [-0.2, 0) is 25.4 Å². The quantitative estimate of drug-likeness (QED) is 0.435. The fraction of sp³-hybridized carbons (Fsp3) is 0.292. The van der Waals surface area contributed by atoms with Gasteiger partial charge in [-0.15, -0.1) is 0 Å². The second-order valence-corrected chi connectivity index (χ2v) is 8.47. The SMILES string of the molecule is C[C@H](NC(=O)c1c(C(F)(F)F)nn2c1N(Cc1ccccc1C(F)(F)F)CC2)c1ccc(C(=O)O)cc1. The number of hydrogen-bond acceptors (Lipinski definition) is 4. The van der Waals surface area contributed by atoms with Crippen LogP contribution in [0.25, 0.3) is 0 Å². The van der Waals surface area contributed by atoms with Crippen LogP contribution < -0.4 is 10.2 Å². The minimum absolute atomic E-state index is 0.00846. The van der Waals surface area contributed by atoms with Crippen molar-refractivity contribution in [2.45, 2.75) is 38.4 Å². The summed E-state index contributed by atoms with van der Waals surface area (Å²) in [5, 5.41) is 15.0. The van der Waals surface area contributed by atoms with Gasteiger partial charge in [-0.05, 0) is 36.2 Å². The Morgan fingerprint density at radius 2 is 1.65 bits per heavy atom. The zero-order valence-electron chi connectivity index (χ0n) is 19.2. The van der Waals surface area contributed by atoms with Gasteiger partial charge in [0, 0.05) is 13.1 Å². The third-order valence-electron chi connectivity index (χ3n) is 5.99. The van der Waals surface area contributed by atoms with E-state index in [4.69, 9.17) is 5.11 Å². The van der Waals surface area contributed by atoms with E-state index < -0.39 is 47.1 Å². The average molecular weight is 526 g/mol. The summed E-state index contributed by atoms with van der Waals surface area (Å²) in [6.07, 6.45) is -9.66. The summed E-state index contributed by atoms with van der Waals surface area (Å²) in [7, 11) is 0. The monoisotopic (exact) mass is 526 g/mol. The Kier molecular flexibility index (Phi) is 6.65. The van der Waals surface area contributed by atoms with E-state index in [1.807, 2.05) is 0 Å². The van der Waals surface area contributed by atoms with E-state index in [1.165, 1.54) is 54.3 Å². The molecule has 4 rings (SSSR count). The molecule has 196 valence electrons. The number of rotatable bonds is 6. The van der Waals surface area contributed by atoms with Crippen LogP contribution in [0.15, 0.2) is 48.5 Å². The predicted molar refractivity (Wildman–Crippen MR) is 119 cm³/mol. The number of carbonyl (C=O) groups excluding carboxylic acids is 1. The van der Waals surface area contributed by atoms with Crippen molar-refractivity contribution in [1.82, 2.24) is 15.1 Å². The van der Waals surface area contributed by atoms with Crippen LogP contribution >= 0.6 is 0 Å². The molecule has 0 unspecified atom stereocenters. The van der Waals surface area contributed by atoms with Crippen molar-refractivity contribution < 1.29 is 41.0 Å². The zero-order valence-corrected chi connectivity index (χ0v) is 19.2. The summed E-state index contributed by atoms with van der Waals surface area (Å²) in [4.78, 5) is 25.5. The number of aromatic nitrogens is 2. The molecular weight excluding hydrogens is 506 g/mol. The molecule has 0 bridgehead atoms. The molecule has 3 aromatic rings. The molecule has 1 aliphatic rings. The first kappa shape index (κ1) is 26.0. The van der Waals surface area contributed by atoms with E-state index >= 15 is 0 Å². The number of nitrogens with one attached hydrogen (secondary N) is 1. The van der Waals surface area contributed by atoms with E-state index in [-0.39, 0.29) is 36.6 Å². The molecular formula is C24H20F6N4O3. The smallest absolute Gasteiger partial charge is 0.436 e. The Morgan fingerprint density at radius 1 is 1.00 bits per heavy atom. The standard InChI is InChI=1S/C24H20F6N4O3/c1-13(14-6-8-15(9-7-14)22(36)37)31-20(35)18-19(24(28,29)30)32-34-11-10-33(21(18)34)12-16-4-2-3-5-17(16)23(25,26)27/h2-9,13H,10-12H2,1H3,(H,31,35)(H,36,37)/t13-/m0/s1. The van der Waals surface area contributed by atoms with Gasteiger partial charge in [0.25, 0.3) is 5.91 Å². The number of aromatic carboxylic acids is 1. The molecule has 0 saturated carbocycles. The van der Waals surface area contributed by atoms with Gasteiger partial charge in [0.1, 0.15) is 11.4 Å². The van der Waals surface area contributed by atoms with Crippen molar-refractivity contribution in [3.63, 3.8) is 0 Å². The molecule has 0 radical (unpaired) electrons. The van der Waals surface area contributed by atoms with Crippen molar-refractivity contribution in [1.29, 1.82) is 0 Å². The lowest BCUT2D eigenvalue weighted by Gasteiger charge is -2.22. The molecule has 2 heterocycles. The Labute approximate surface area is 206 Å². The lowest BCUT2D eigenvalue weighted by molar-refractivity contribution is -0.142. The van der Waals surface area contributed by atoms with Crippen LogP contribution in [0, 0.1) is 0 Å². The molecule has 1 aliphatic heterocycles. The second-order valence-electron chi connectivity index (χ2n) is 8.47. The van der Waals surface area contributed by atoms with E-state index in [1.54, 1.807) is 0 Å². The predicted octanol–water partition coefficient (Wildman–Crippen LogP) is 5.13. The number of fused-ring (bicyclic) bond motifs is 1. The number of hydrogen-bond donors (Lipinski definition) is 2. The lowest BCUT2D eigenvalue weighted by Crippen LogP contribution is -2.31. The maximum atomic E-state index is 13.8. The summed E-state index contributed by atoms with van der Waals surface area (Å²) >= 11 is 0. The van der Waals surface area contributed by atoms with E-state index in [9.17, 15) is 35.9 Å². The van der Waals surface area contributed by atoms with Crippen LogP contribution in [0.4, 0.5) is 32.2 Å². The maximum absolute atomic E-state index is 13.8. The maximum Gasteiger partial charge on any atom is 0.436 e. The highest BCUT2D eigenvalue weighted by Crippen LogP contribution is 2.40. The molecule has 7 nitrogen and oxygen atoms in total. The van der Waals surface area contributed by atoms with Crippen LogP contribution in [0.3, 0.4) is 0 Å². The van der Waals surface area contributed by atoms with Gasteiger partial charge < -0.3 is 15.3 Å². The van der Waals surface area contributed by atoms with Crippen molar-refractivity contribution in [3.05, 3.63) is 82.0 Å². The third-order valence-corrected chi connectivity index (χ3v) is 5.99. The number of carboxylic acid groups (broad SMARTS) is 1. The minimum Gasteiger partial charge on any atom is -0.478 e. The molecule has 2 N–H and O–H groups in total. The van der Waals surface area contributed by atoms with E-state index in [0.29, 0.717) is 5.56 Å². The highest BCUT2D eigenvalue weighted by molar-refractivity contribution is 6.01. The normalized spacial score (nSPS) is 14.4. The van der Waals surface area contributed by atoms with Gasteiger partial charge in [0.15, 0.2) is 5.69 Å². The fourth-order valence-electron chi connectivity index (χ4n) is 4.22. The van der Waals surface area contributed by atoms with Gasteiger partial charge >= 0.3 is 18.3 Å². The van der Waals surface area contributed by atoms with Crippen molar-refractivity contribution >= 4 is 17.7 Å². The number of halogens is 6. The van der Waals surface area contributed by atoms with Gasteiger partial charge in [-0.2, -0.15) is 31.4 Å². The van der Waals surface area contributed by atoms with Crippen LogP contribution in [0.2, 0.25) is 0 Å². The summed E-state index contributed by atoms with van der Waals surface area (Å²) in [5.74, 6) is -2.50. The summed E-state index contributed by atoms with van der Waals surface area (Å²) in [6, 6.07) is 9.33. The van der Waals surface area contributed by atoms with E-state index in [2.05, 4.69) is 10.4 Å². The number of alkyl halides is 6. The highest BCUT2D eigenvalue weighted by Gasteiger charge is 2.44. The first-order valence-electron chi connectivity index (χ1n) is 11.0. The van der Waals surface area contributed by atoms with Gasteiger partial charge in [0.05, 0.1) is 23.7 Å². The van der Waals surface area contributed by atoms with Gasteiger partial charge in [-0.25, -0.2) is 9.48 Å². The number of carboxylic acids is 1. The third kappa shape index (κ3) is 5.25. The Balaban J connectivity index is 1.68. The van der Waals surface area contributed by atoms with E-state index in [0.717, 1.165) is 10.7 Å². The molecule has 0 saturated heterocycles. The van der Waals surface area contributed by atoms with Crippen LogP contribution in [0.1, 0.15) is 56.1 Å². The van der Waals surface area contributed by atoms with Crippen molar-refractivity contribution in [3.8, 4) is 0 Å². The highest BCUT2D eigenvalue weighted by atomic mass is 19.4. The van der Waals surface area contributed by atoms with Crippen molar-refractivity contribution in [2.75, 3.05) is 11.4 Å². The molecule has 0 fully saturated rings. The summed E-state index contributed by atoms with van der Waals surface area (Å²) in [5.41, 5.74) is -2.88. The number of nitrogens with zero attached hydrogens (tertiary/aromatic N) is 3. The Morgan fingerprint density at radius 3 is 2.24 bits per heavy atom. The molecule has 2 aromatic carbocycles. The van der Waals surface area contributed by atoms with Gasteiger partial charge in [0.2, 0.25) is 0 Å². The molecule has 0 spiro atoms. The lowest BCUT2D eigenvalue weighted by atomic mass is 10.0. The Hall–Kier alpha value is -4.03. The summed E-state index contributed by atoms with van der Waals surface area (Å²) < 4.78 is 82.9.